The summed E-state index contributed by atoms with van der Waals surface area (Å²) >= 11 is 0. The minimum absolute atomic E-state index is 0.298. The van der Waals surface area contributed by atoms with E-state index in [4.69, 9.17) is 15.9 Å². The Kier molecular flexibility index (Phi) is 4.90. The fourth-order valence-corrected chi connectivity index (χ4v) is 2.20. The second-order valence-corrected chi connectivity index (χ2v) is 5.75. The summed E-state index contributed by atoms with van der Waals surface area (Å²) in [5, 5.41) is 8.29. The zero-order chi connectivity index (χ0) is 17.1. The summed E-state index contributed by atoms with van der Waals surface area (Å²) in [6.45, 7) is 3.33. The van der Waals surface area contributed by atoms with Crippen molar-refractivity contribution < 1.29 is 9.53 Å². The number of aromatic amines is 1. The van der Waals surface area contributed by atoms with Crippen LogP contribution in [-0.4, -0.2) is 60.9 Å². The van der Waals surface area contributed by atoms with Crippen LogP contribution in [0.15, 0.2) is 18.2 Å². The van der Waals surface area contributed by atoms with Gasteiger partial charge in [0.25, 0.3) is 5.91 Å². The van der Waals surface area contributed by atoms with Gasteiger partial charge in [-0.1, -0.05) is 6.07 Å². The number of benzene rings is 1. The predicted molar refractivity (Wildman–Crippen MR) is 91.1 cm³/mol. The van der Waals surface area contributed by atoms with Crippen molar-refractivity contribution in [3.05, 3.63) is 29.5 Å². The van der Waals surface area contributed by atoms with E-state index >= 15 is 0 Å². The lowest BCUT2D eigenvalue weighted by atomic mass is 10.1. The second kappa shape index (κ2) is 6.70. The monoisotopic (exact) mass is 317 g/mol. The molecular weight excluding hydrogens is 294 g/mol. The quantitative estimate of drug-likeness (QED) is 0.573. The molecule has 0 spiro atoms. The van der Waals surface area contributed by atoms with E-state index in [2.05, 4.69) is 4.98 Å². The van der Waals surface area contributed by atoms with Crippen LogP contribution in [0.4, 0.5) is 0 Å². The van der Waals surface area contributed by atoms with Crippen molar-refractivity contribution in [3.63, 3.8) is 0 Å². The lowest BCUT2D eigenvalue weighted by Crippen LogP contribution is -2.38. The van der Waals surface area contributed by atoms with Gasteiger partial charge in [0.15, 0.2) is 5.96 Å². The number of amides is 1. The van der Waals surface area contributed by atoms with Gasteiger partial charge in [0.05, 0.1) is 5.52 Å². The van der Waals surface area contributed by atoms with E-state index in [0.29, 0.717) is 18.1 Å². The first-order valence-corrected chi connectivity index (χ1v) is 7.33. The van der Waals surface area contributed by atoms with Crippen molar-refractivity contribution in [2.75, 3.05) is 34.3 Å². The van der Waals surface area contributed by atoms with Crippen molar-refractivity contribution >= 4 is 22.8 Å². The van der Waals surface area contributed by atoms with Crippen LogP contribution in [0, 0.1) is 12.3 Å². The first-order chi connectivity index (χ1) is 10.8. The Bertz CT molecular complexity index is 735. The number of carbonyl (C=O) groups excluding carboxylic acids is 1. The van der Waals surface area contributed by atoms with E-state index in [1.165, 1.54) is 7.05 Å². The number of ether oxygens (including phenoxy) is 1. The largest absolute Gasteiger partial charge is 0.490 e. The number of nitrogens with zero attached hydrogens (tertiary/aromatic N) is 2. The minimum Gasteiger partial charge on any atom is -0.490 e. The van der Waals surface area contributed by atoms with Gasteiger partial charge in [0, 0.05) is 19.0 Å². The third-order valence-corrected chi connectivity index (χ3v) is 3.67. The highest BCUT2D eigenvalue weighted by molar-refractivity contribution is 6.06. The summed E-state index contributed by atoms with van der Waals surface area (Å²) in [6.07, 6.45) is 0. The summed E-state index contributed by atoms with van der Waals surface area (Å²) in [7, 11) is 5.44. The molecule has 7 nitrogen and oxygen atoms in total. The zero-order valence-electron chi connectivity index (χ0n) is 13.9. The van der Waals surface area contributed by atoms with Gasteiger partial charge in [-0.2, -0.15) is 0 Å². The Labute approximate surface area is 135 Å². The molecule has 1 heterocycles. The summed E-state index contributed by atoms with van der Waals surface area (Å²) in [4.78, 5) is 18.5. The van der Waals surface area contributed by atoms with Crippen molar-refractivity contribution in [2.45, 2.75) is 6.92 Å². The molecule has 0 saturated heterocycles. The molecule has 0 unspecified atom stereocenters. The number of nitrogens with two attached hydrogens (primary N) is 1. The predicted octanol–water partition coefficient (Wildman–Crippen LogP) is 1.38. The standard InChI is InChI=1S/C16H23N5O2/c1-10-5-6-13(23-8-7-20(2)3)14-11(10)9-12(19-14)15(22)21(4)16(17)18/h5-6,9,19H,7-8H2,1-4H3,(H3,17,18). The Morgan fingerprint density at radius 2 is 2.04 bits per heavy atom. The number of hydrogen-bond acceptors (Lipinski definition) is 4. The number of carbonyl (C=O) groups is 1. The third-order valence-electron chi connectivity index (χ3n) is 3.67. The number of nitrogens with one attached hydrogen (secondary N) is 2. The second-order valence-electron chi connectivity index (χ2n) is 5.75. The summed E-state index contributed by atoms with van der Waals surface area (Å²) in [6, 6.07) is 5.63. The summed E-state index contributed by atoms with van der Waals surface area (Å²) in [5.41, 5.74) is 7.57. The van der Waals surface area contributed by atoms with Gasteiger partial charge < -0.3 is 20.4 Å². The van der Waals surface area contributed by atoms with Gasteiger partial charge in [0.2, 0.25) is 0 Å². The molecule has 0 bridgehead atoms. The molecule has 1 amide bonds. The number of rotatable bonds is 5. The fraction of sp³-hybridized carbons (Fsp3) is 0.375. The Morgan fingerprint density at radius 1 is 1.35 bits per heavy atom. The number of likely N-dealkylation sites (N-methyl/N-ethyl adjacent to an activating group) is 1. The molecule has 0 aliphatic carbocycles. The maximum absolute atomic E-state index is 12.3. The first-order valence-electron chi connectivity index (χ1n) is 7.33. The molecule has 0 atom stereocenters. The van der Waals surface area contributed by atoms with Crippen LogP contribution in [0.2, 0.25) is 0 Å². The van der Waals surface area contributed by atoms with E-state index in [9.17, 15) is 4.79 Å². The average Bonchev–Trinajstić information content (AvgIpc) is 2.93. The van der Waals surface area contributed by atoms with Crippen LogP contribution >= 0.6 is 0 Å². The number of aryl methyl sites for hydroxylation is 1. The average molecular weight is 317 g/mol. The molecule has 0 radical (unpaired) electrons. The molecule has 0 aliphatic heterocycles. The lowest BCUT2D eigenvalue weighted by molar-refractivity contribution is 0.0864. The highest BCUT2D eigenvalue weighted by Gasteiger charge is 2.18. The van der Waals surface area contributed by atoms with E-state index < -0.39 is 0 Å². The Hall–Kier alpha value is -2.54. The van der Waals surface area contributed by atoms with Crippen molar-refractivity contribution in [3.8, 4) is 5.75 Å². The van der Waals surface area contributed by atoms with Gasteiger partial charge in [0.1, 0.15) is 18.1 Å². The number of hydrogen-bond donors (Lipinski definition) is 3. The van der Waals surface area contributed by atoms with E-state index in [-0.39, 0.29) is 11.9 Å². The van der Waals surface area contributed by atoms with Gasteiger partial charge >= 0.3 is 0 Å². The molecule has 0 saturated carbocycles. The molecule has 1 aromatic heterocycles. The van der Waals surface area contributed by atoms with Crippen LogP contribution < -0.4 is 10.5 Å². The molecule has 23 heavy (non-hydrogen) atoms. The number of H-pyrrole nitrogens is 1. The molecule has 7 heteroatoms. The summed E-state index contributed by atoms with van der Waals surface area (Å²) in [5.74, 6) is 0.0529. The van der Waals surface area contributed by atoms with Crippen LogP contribution in [-0.2, 0) is 0 Å². The number of aromatic nitrogens is 1. The van der Waals surface area contributed by atoms with E-state index in [0.717, 1.165) is 27.9 Å². The van der Waals surface area contributed by atoms with E-state index in [1.807, 2.05) is 38.1 Å². The van der Waals surface area contributed by atoms with Gasteiger partial charge in [-0.3, -0.25) is 15.1 Å². The fourth-order valence-electron chi connectivity index (χ4n) is 2.20. The van der Waals surface area contributed by atoms with Crippen LogP contribution in [0.5, 0.6) is 5.75 Å². The van der Waals surface area contributed by atoms with Crippen molar-refractivity contribution in [2.24, 2.45) is 5.73 Å². The highest BCUT2D eigenvalue weighted by atomic mass is 16.5. The first kappa shape index (κ1) is 16.8. The smallest absolute Gasteiger partial charge is 0.276 e. The Balaban J connectivity index is 2.35. The molecule has 4 N–H and O–H groups in total. The molecule has 0 aliphatic rings. The topological polar surface area (TPSA) is 98.4 Å². The molecule has 0 fully saturated rings. The normalized spacial score (nSPS) is 11.0. The number of guanidine groups is 1. The third kappa shape index (κ3) is 3.62. The molecule has 1 aromatic carbocycles. The van der Waals surface area contributed by atoms with Gasteiger partial charge in [-0.05, 0) is 38.7 Å². The van der Waals surface area contributed by atoms with Gasteiger partial charge in [-0.25, -0.2) is 0 Å². The van der Waals surface area contributed by atoms with Crippen molar-refractivity contribution in [1.29, 1.82) is 5.41 Å². The van der Waals surface area contributed by atoms with E-state index in [1.54, 1.807) is 6.07 Å². The lowest BCUT2D eigenvalue weighted by Gasteiger charge is -2.13. The van der Waals surface area contributed by atoms with Crippen LogP contribution in [0.3, 0.4) is 0 Å². The van der Waals surface area contributed by atoms with Crippen LogP contribution in [0.25, 0.3) is 10.9 Å². The maximum Gasteiger partial charge on any atom is 0.276 e. The Morgan fingerprint density at radius 3 is 2.65 bits per heavy atom. The summed E-state index contributed by atoms with van der Waals surface area (Å²) < 4.78 is 5.82. The number of fused-ring (bicyclic) bond motifs is 1. The maximum atomic E-state index is 12.3. The molecule has 124 valence electrons. The molecular formula is C16H23N5O2. The zero-order valence-corrected chi connectivity index (χ0v) is 13.9. The van der Waals surface area contributed by atoms with Gasteiger partial charge in [-0.15, -0.1) is 0 Å². The van der Waals surface area contributed by atoms with Crippen LogP contribution in [0.1, 0.15) is 16.1 Å². The molecule has 2 aromatic rings. The molecule has 2 rings (SSSR count). The SMILES string of the molecule is Cc1ccc(OCCN(C)C)c2[nH]c(C(=O)N(C)C(=N)N)cc12. The highest BCUT2D eigenvalue weighted by Crippen LogP contribution is 2.29. The van der Waals surface area contributed by atoms with Crippen molar-refractivity contribution in [1.82, 2.24) is 14.8 Å². The minimum atomic E-state index is -0.354.